The number of para-hydroxylation sites is 1. The van der Waals surface area contributed by atoms with E-state index in [1.807, 2.05) is 69.4 Å². The molecular weight excluding hydrogens is 448 g/mol. The largest absolute Gasteiger partial charge is 0.338 e. The first-order chi connectivity index (χ1) is 16.6. The van der Waals surface area contributed by atoms with Crippen molar-refractivity contribution in [1.29, 1.82) is 0 Å². The number of fused-ring (bicyclic) bond motifs is 1. The third-order valence-electron chi connectivity index (χ3n) is 5.87. The van der Waals surface area contributed by atoms with Gasteiger partial charge in [-0.1, -0.05) is 24.3 Å². The van der Waals surface area contributed by atoms with Crippen LogP contribution in [0.3, 0.4) is 0 Å². The van der Waals surface area contributed by atoms with Crippen LogP contribution in [-0.4, -0.2) is 49.4 Å². The zero-order chi connectivity index (χ0) is 23.5. The zero-order valence-corrected chi connectivity index (χ0v) is 19.6. The van der Waals surface area contributed by atoms with Crippen LogP contribution in [0.15, 0.2) is 66.2 Å². The van der Waals surface area contributed by atoms with E-state index in [1.54, 1.807) is 17.1 Å². The van der Waals surface area contributed by atoms with Crippen molar-refractivity contribution in [2.45, 2.75) is 25.7 Å². The number of piperidine rings is 1. The molecule has 0 spiro atoms. The van der Waals surface area contributed by atoms with Crippen LogP contribution in [0.5, 0.6) is 0 Å². The van der Waals surface area contributed by atoms with Gasteiger partial charge in [0.15, 0.2) is 10.8 Å². The minimum atomic E-state index is -0.118. The molecule has 34 heavy (non-hydrogen) atoms. The lowest BCUT2D eigenvalue weighted by molar-refractivity contribution is -0.127. The van der Waals surface area contributed by atoms with E-state index < -0.39 is 0 Å². The summed E-state index contributed by atoms with van der Waals surface area (Å²) < 4.78 is 2.00. The van der Waals surface area contributed by atoms with Gasteiger partial charge in [0, 0.05) is 43.6 Å². The normalized spacial score (nSPS) is 16.3. The Balaban J connectivity index is 1.28. The van der Waals surface area contributed by atoms with Gasteiger partial charge in [-0.15, -0.1) is 21.5 Å². The number of carbonyl (C=O) groups excluding carboxylic acids is 2. The average Bonchev–Trinajstić information content (AvgIpc) is 3.50. The second-order valence-electron chi connectivity index (χ2n) is 8.19. The Hall–Kier alpha value is -3.85. The van der Waals surface area contributed by atoms with Crippen LogP contribution in [0.25, 0.3) is 11.7 Å². The molecule has 0 radical (unpaired) electrons. The van der Waals surface area contributed by atoms with Gasteiger partial charge in [0.25, 0.3) is 0 Å². The van der Waals surface area contributed by atoms with Gasteiger partial charge in [0.1, 0.15) is 5.82 Å². The van der Waals surface area contributed by atoms with Gasteiger partial charge in [-0.05, 0) is 43.2 Å². The number of pyridine rings is 1. The van der Waals surface area contributed by atoms with Crippen LogP contribution in [0.4, 0.5) is 10.8 Å². The summed E-state index contributed by atoms with van der Waals surface area (Å²) in [5.41, 5.74) is 2.22. The number of benzene rings is 1. The third-order valence-corrected chi connectivity index (χ3v) is 6.71. The molecule has 4 aromatic rings. The van der Waals surface area contributed by atoms with Crippen LogP contribution in [0.2, 0.25) is 0 Å². The maximum Gasteiger partial charge on any atom is 0.246 e. The molecule has 9 heteroatoms. The monoisotopic (exact) mass is 472 g/mol. The molecule has 1 aliphatic heterocycles. The Morgan fingerprint density at radius 3 is 2.76 bits per heavy atom. The Morgan fingerprint density at radius 2 is 1.94 bits per heavy atom. The fourth-order valence-electron chi connectivity index (χ4n) is 4.25. The summed E-state index contributed by atoms with van der Waals surface area (Å²) in [5, 5.41) is 11.1. The number of hydrogen-bond donors (Lipinski definition) is 0. The van der Waals surface area contributed by atoms with Crippen molar-refractivity contribution in [3.8, 4) is 0 Å². The average molecular weight is 473 g/mol. The fourth-order valence-corrected chi connectivity index (χ4v) is 5.10. The standard InChI is InChI=1S/C25H24N6O2S/c1-18(32)31(21-9-3-2-4-10-21)25-26-20(17-34-25)12-13-23(33)29-14-7-8-19(16-29)24-28-27-22-11-5-6-15-30(22)24/h2-6,9-13,15,17,19H,7-8,14,16H2,1H3/b13-12+. The molecule has 0 N–H and O–H groups in total. The first-order valence-corrected chi connectivity index (χ1v) is 12.1. The van der Waals surface area contributed by atoms with E-state index in [0.717, 1.165) is 30.0 Å². The highest BCUT2D eigenvalue weighted by molar-refractivity contribution is 7.14. The summed E-state index contributed by atoms with van der Waals surface area (Å²) in [6.45, 7) is 2.83. The molecule has 1 aliphatic rings. The van der Waals surface area contributed by atoms with Gasteiger partial charge in [0.2, 0.25) is 11.8 Å². The first kappa shape index (κ1) is 22.0. The van der Waals surface area contributed by atoms with Crippen LogP contribution in [0.1, 0.15) is 37.2 Å². The smallest absolute Gasteiger partial charge is 0.246 e. The van der Waals surface area contributed by atoms with Crippen molar-refractivity contribution in [1.82, 2.24) is 24.5 Å². The molecule has 1 fully saturated rings. The molecule has 1 unspecified atom stereocenters. The van der Waals surface area contributed by atoms with Gasteiger partial charge in [-0.3, -0.25) is 18.9 Å². The summed E-state index contributed by atoms with van der Waals surface area (Å²) in [7, 11) is 0. The third kappa shape index (κ3) is 4.47. The minimum absolute atomic E-state index is 0.0560. The van der Waals surface area contributed by atoms with E-state index in [0.29, 0.717) is 23.9 Å². The number of hydrogen-bond acceptors (Lipinski definition) is 6. The van der Waals surface area contributed by atoms with E-state index in [-0.39, 0.29) is 17.7 Å². The number of thiazole rings is 1. The number of rotatable bonds is 5. The quantitative estimate of drug-likeness (QED) is 0.405. The van der Waals surface area contributed by atoms with E-state index >= 15 is 0 Å². The Morgan fingerprint density at radius 1 is 1.12 bits per heavy atom. The minimum Gasteiger partial charge on any atom is -0.338 e. The van der Waals surface area contributed by atoms with E-state index in [2.05, 4.69) is 15.2 Å². The lowest BCUT2D eigenvalue weighted by atomic mass is 9.97. The van der Waals surface area contributed by atoms with Crippen molar-refractivity contribution in [3.63, 3.8) is 0 Å². The zero-order valence-electron chi connectivity index (χ0n) is 18.7. The highest BCUT2D eigenvalue weighted by Crippen LogP contribution is 2.29. The summed E-state index contributed by atoms with van der Waals surface area (Å²) in [5.74, 6) is 0.864. The number of amides is 2. The summed E-state index contributed by atoms with van der Waals surface area (Å²) in [6, 6.07) is 15.2. The SMILES string of the molecule is CC(=O)N(c1ccccc1)c1nc(/C=C/C(=O)N2CCCC(c3nnc4ccccn34)C2)cs1. The lowest BCUT2D eigenvalue weighted by Gasteiger charge is -2.31. The van der Waals surface area contributed by atoms with Gasteiger partial charge in [-0.2, -0.15) is 0 Å². The Kier molecular flexibility index (Phi) is 6.18. The molecule has 1 atom stereocenters. The van der Waals surface area contributed by atoms with Crippen molar-refractivity contribution < 1.29 is 9.59 Å². The lowest BCUT2D eigenvalue weighted by Crippen LogP contribution is -2.38. The Labute approximate surface area is 201 Å². The highest BCUT2D eigenvalue weighted by Gasteiger charge is 2.27. The molecule has 0 bridgehead atoms. The van der Waals surface area contributed by atoms with Gasteiger partial charge >= 0.3 is 0 Å². The van der Waals surface area contributed by atoms with Crippen LogP contribution >= 0.6 is 11.3 Å². The first-order valence-electron chi connectivity index (χ1n) is 11.2. The topological polar surface area (TPSA) is 83.7 Å². The maximum absolute atomic E-state index is 12.9. The van der Waals surface area contributed by atoms with E-state index in [9.17, 15) is 9.59 Å². The molecular formula is C25H24N6O2S. The maximum atomic E-state index is 12.9. The molecule has 0 aliphatic carbocycles. The molecule has 4 heterocycles. The molecule has 1 aromatic carbocycles. The van der Waals surface area contributed by atoms with Crippen LogP contribution < -0.4 is 4.90 Å². The van der Waals surface area contributed by atoms with E-state index in [4.69, 9.17) is 0 Å². The Bertz CT molecular complexity index is 1350. The highest BCUT2D eigenvalue weighted by atomic mass is 32.1. The van der Waals surface area contributed by atoms with Gasteiger partial charge in [0.05, 0.1) is 11.4 Å². The summed E-state index contributed by atoms with van der Waals surface area (Å²) in [6.07, 6.45) is 7.12. The summed E-state index contributed by atoms with van der Waals surface area (Å²) in [4.78, 5) is 33.2. The molecule has 1 saturated heterocycles. The van der Waals surface area contributed by atoms with Gasteiger partial charge < -0.3 is 4.90 Å². The predicted octanol–water partition coefficient (Wildman–Crippen LogP) is 4.29. The van der Waals surface area contributed by atoms with Crippen molar-refractivity contribution in [2.24, 2.45) is 0 Å². The molecule has 2 amide bonds. The second-order valence-corrected chi connectivity index (χ2v) is 9.03. The molecule has 5 rings (SSSR count). The van der Waals surface area contributed by atoms with Crippen LogP contribution in [0, 0.1) is 0 Å². The number of aromatic nitrogens is 4. The van der Waals surface area contributed by atoms with Crippen molar-refractivity contribution >= 4 is 45.7 Å². The van der Waals surface area contributed by atoms with Crippen LogP contribution in [-0.2, 0) is 9.59 Å². The predicted molar refractivity (Wildman–Crippen MR) is 132 cm³/mol. The number of anilines is 2. The van der Waals surface area contributed by atoms with Gasteiger partial charge in [-0.25, -0.2) is 4.98 Å². The van der Waals surface area contributed by atoms with Crippen molar-refractivity contribution in [2.75, 3.05) is 18.0 Å². The number of nitrogens with zero attached hydrogens (tertiary/aromatic N) is 6. The fraction of sp³-hybridized carbons (Fsp3) is 0.240. The molecule has 172 valence electrons. The van der Waals surface area contributed by atoms with E-state index in [1.165, 1.54) is 18.3 Å². The van der Waals surface area contributed by atoms with Crippen molar-refractivity contribution in [3.05, 3.63) is 77.7 Å². The second kappa shape index (κ2) is 9.56. The number of likely N-dealkylation sites (tertiary alicyclic amines) is 1. The molecule has 3 aromatic heterocycles. The molecule has 8 nitrogen and oxygen atoms in total. The molecule has 0 saturated carbocycles. The number of carbonyl (C=O) groups is 2. The summed E-state index contributed by atoms with van der Waals surface area (Å²) >= 11 is 1.37.